The highest BCUT2D eigenvalue weighted by Crippen LogP contribution is 2.25. The quantitative estimate of drug-likeness (QED) is 0.776. The number of hydrogen-bond acceptors (Lipinski definition) is 3. The number of benzene rings is 1. The maximum atomic E-state index is 13.7. The summed E-state index contributed by atoms with van der Waals surface area (Å²) in [6.07, 6.45) is 2.86. The van der Waals surface area contributed by atoms with Crippen LogP contribution in [0.15, 0.2) is 47.6 Å². The maximum absolute atomic E-state index is 13.7. The summed E-state index contributed by atoms with van der Waals surface area (Å²) in [6.45, 7) is 0. The lowest BCUT2D eigenvalue weighted by atomic mass is 10.3. The number of nitrogens with one attached hydrogen (secondary N) is 2. The van der Waals surface area contributed by atoms with Gasteiger partial charge in [-0.15, -0.1) is 0 Å². The fourth-order valence-corrected chi connectivity index (χ4v) is 3.32. The maximum Gasteiger partial charge on any atom is 0.264 e. The first-order valence-electron chi connectivity index (χ1n) is 5.87. The highest BCUT2D eigenvalue weighted by Gasteiger charge is 2.20. The molecule has 1 aromatic carbocycles. The summed E-state index contributed by atoms with van der Waals surface area (Å²) in [7, 11) is -3.94. The Morgan fingerprint density at radius 2 is 2.10 bits per heavy atom. The van der Waals surface area contributed by atoms with Gasteiger partial charge < -0.3 is 4.98 Å². The minimum Gasteiger partial charge on any atom is -0.345 e. The number of nitrogens with zero attached hydrogens (tertiary/aromatic N) is 1. The number of aromatic amines is 1. The van der Waals surface area contributed by atoms with Crippen LogP contribution in [0.5, 0.6) is 0 Å². The molecule has 3 rings (SSSR count). The van der Waals surface area contributed by atoms with Crippen molar-refractivity contribution < 1.29 is 12.8 Å². The molecule has 8 heteroatoms. The fraction of sp³-hybridized carbons (Fsp3) is 0. The number of halogens is 2. The van der Waals surface area contributed by atoms with Crippen LogP contribution in [0.25, 0.3) is 11.0 Å². The Bertz CT molecular complexity index is 924. The van der Waals surface area contributed by atoms with E-state index in [0.29, 0.717) is 11.0 Å². The molecule has 0 saturated heterocycles. The monoisotopic (exact) mass is 325 g/mol. The van der Waals surface area contributed by atoms with Gasteiger partial charge in [-0.2, -0.15) is 0 Å². The molecule has 0 saturated carbocycles. The van der Waals surface area contributed by atoms with Gasteiger partial charge in [-0.25, -0.2) is 17.8 Å². The third-order valence-corrected chi connectivity index (χ3v) is 4.52. The topological polar surface area (TPSA) is 74.8 Å². The van der Waals surface area contributed by atoms with Crippen molar-refractivity contribution in [3.8, 4) is 0 Å². The Balaban J connectivity index is 2.04. The molecule has 0 aliphatic carbocycles. The Hall–Kier alpha value is -2.12. The van der Waals surface area contributed by atoms with Gasteiger partial charge in [-0.05, 0) is 30.3 Å². The zero-order valence-electron chi connectivity index (χ0n) is 10.5. The standard InChI is InChI=1S/C13H9ClFN3O2S/c14-8-3-4-11(10(15)6-8)18-21(19,20)12-7-17-13-9(12)2-1-5-16-13/h1-7,18H,(H,16,17). The third-order valence-electron chi connectivity index (χ3n) is 2.88. The van der Waals surface area contributed by atoms with E-state index in [9.17, 15) is 12.8 Å². The van der Waals surface area contributed by atoms with Gasteiger partial charge in [0, 0.05) is 22.8 Å². The number of hydrogen-bond donors (Lipinski definition) is 2. The summed E-state index contributed by atoms with van der Waals surface area (Å²) in [5.41, 5.74) is 0.270. The van der Waals surface area contributed by atoms with E-state index in [1.807, 2.05) is 0 Å². The molecule has 0 spiro atoms. The molecule has 0 unspecified atom stereocenters. The summed E-state index contributed by atoms with van der Waals surface area (Å²) in [5, 5.41) is 0.617. The van der Waals surface area contributed by atoms with E-state index >= 15 is 0 Å². The van der Waals surface area contributed by atoms with Gasteiger partial charge in [-0.1, -0.05) is 11.6 Å². The van der Waals surface area contributed by atoms with Crippen LogP contribution in [0.4, 0.5) is 10.1 Å². The zero-order chi connectivity index (χ0) is 15.0. The third kappa shape index (κ3) is 2.57. The second-order valence-electron chi connectivity index (χ2n) is 4.28. The molecule has 2 aromatic heterocycles. The summed E-state index contributed by atoms with van der Waals surface area (Å²) in [4.78, 5) is 6.77. The van der Waals surface area contributed by atoms with E-state index in [0.717, 1.165) is 6.07 Å². The molecule has 0 amide bonds. The molecule has 0 radical (unpaired) electrons. The highest BCUT2D eigenvalue weighted by molar-refractivity contribution is 7.93. The van der Waals surface area contributed by atoms with Crippen molar-refractivity contribution in [2.24, 2.45) is 0 Å². The number of aromatic nitrogens is 2. The highest BCUT2D eigenvalue weighted by atomic mass is 35.5. The molecule has 2 N–H and O–H groups in total. The first-order valence-corrected chi connectivity index (χ1v) is 7.73. The van der Waals surface area contributed by atoms with Gasteiger partial charge in [-0.3, -0.25) is 4.72 Å². The minimum absolute atomic E-state index is 0.0000463. The Labute approximate surface area is 124 Å². The number of pyridine rings is 1. The van der Waals surface area contributed by atoms with E-state index in [2.05, 4.69) is 14.7 Å². The Kier molecular flexibility index (Phi) is 3.30. The summed E-state index contributed by atoms with van der Waals surface area (Å²) in [5.74, 6) is -0.746. The molecular formula is C13H9ClFN3O2S. The van der Waals surface area contributed by atoms with E-state index in [-0.39, 0.29) is 15.6 Å². The lowest BCUT2D eigenvalue weighted by molar-refractivity contribution is 0.599. The van der Waals surface area contributed by atoms with Gasteiger partial charge >= 0.3 is 0 Å². The molecule has 5 nitrogen and oxygen atoms in total. The van der Waals surface area contributed by atoms with Crippen LogP contribution in [-0.4, -0.2) is 18.4 Å². The molecule has 0 fully saturated rings. The number of rotatable bonds is 3. The van der Waals surface area contributed by atoms with Gasteiger partial charge in [0.25, 0.3) is 10.0 Å². The molecule has 2 heterocycles. The predicted molar refractivity (Wildman–Crippen MR) is 78.3 cm³/mol. The SMILES string of the molecule is O=S(=O)(Nc1ccc(Cl)cc1F)c1c[nH]c2ncccc12. The Morgan fingerprint density at radius 1 is 1.29 bits per heavy atom. The number of fused-ring (bicyclic) bond motifs is 1. The summed E-state index contributed by atoms with van der Waals surface area (Å²) < 4.78 is 40.6. The van der Waals surface area contributed by atoms with Crippen LogP contribution < -0.4 is 4.72 Å². The van der Waals surface area contributed by atoms with E-state index < -0.39 is 15.8 Å². The average Bonchev–Trinajstić information content (AvgIpc) is 2.86. The van der Waals surface area contributed by atoms with Crippen LogP contribution in [0.3, 0.4) is 0 Å². The van der Waals surface area contributed by atoms with Crippen molar-refractivity contribution >= 4 is 38.3 Å². The van der Waals surface area contributed by atoms with E-state index in [1.54, 1.807) is 18.3 Å². The molecule has 0 bridgehead atoms. The molecular weight excluding hydrogens is 317 g/mol. The molecule has 3 aromatic rings. The van der Waals surface area contributed by atoms with E-state index in [4.69, 9.17) is 11.6 Å². The first kappa shape index (κ1) is 13.8. The zero-order valence-corrected chi connectivity index (χ0v) is 12.0. The van der Waals surface area contributed by atoms with Crippen molar-refractivity contribution in [1.82, 2.24) is 9.97 Å². The molecule has 0 aliphatic heterocycles. The van der Waals surface area contributed by atoms with E-state index in [1.165, 1.54) is 18.3 Å². The molecule has 0 aliphatic rings. The molecule has 108 valence electrons. The minimum atomic E-state index is -3.94. The van der Waals surface area contributed by atoms with Crippen LogP contribution in [0.1, 0.15) is 0 Å². The van der Waals surface area contributed by atoms with Crippen LogP contribution >= 0.6 is 11.6 Å². The number of anilines is 1. The smallest absolute Gasteiger partial charge is 0.264 e. The van der Waals surface area contributed by atoms with Crippen molar-refractivity contribution in [3.63, 3.8) is 0 Å². The van der Waals surface area contributed by atoms with Crippen molar-refractivity contribution in [2.45, 2.75) is 4.90 Å². The van der Waals surface area contributed by atoms with Gasteiger partial charge in [0.05, 0.1) is 5.69 Å². The fourth-order valence-electron chi connectivity index (χ4n) is 1.93. The lowest BCUT2D eigenvalue weighted by Gasteiger charge is -2.08. The summed E-state index contributed by atoms with van der Waals surface area (Å²) in [6, 6.07) is 6.95. The van der Waals surface area contributed by atoms with Crippen LogP contribution in [0, 0.1) is 5.82 Å². The average molecular weight is 326 g/mol. The molecule has 0 atom stereocenters. The second-order valence-corrected chi connectivity index (χ2v) is 6.37. The van der Waals surface area contributed by atoms with Crippen molar-refractivity contribution in [3.05, 3.63) is 53.6 Å². The van der Waals surface area contributed by atoms with Crippen molar-refractivity contribution in [1.29, 1.82) is 0 Å². The van der Waals surface area contributed by atoms with Crippen molar-refractivity contribution in [2.75, 3.05) is 4.72 Å². The molecule has 21 heavy (non-hydrogen) atoms. The second kappa shape index (κ2) is 5.01. The van der Waals surface area contributed by atoms with Gasteiger partial charge in [0.1, 0.15) is 16.4 Å². The van der Waals surface area contributed by atoms with Gasteiger partial charge in [0.15, 0.2) is 0 Å². The predicted octanol–water partition coefficient (Wildman–Crippen LogP) is 3.16. The van der Waals surface area contributed by atoms with Crippen LogP contribution in [-0.2, 0) is 10.0 Å². The Morgan fingerprint density at radius 3 is 2.86 bits per heavy atom. The summed E-state index contributed by atoms with van der Waals surface area (Å²) >= 11 is 5.64. The number of H-pyrrole nitrogens is 1. The van der Waals surface area contributed by atoms with Gasteiger partial charge in [0.2, 0.25) is 0 Å². The van der Waals surface area contributed by atoms with Crippen LogP contribution in [0.2, 0.25) is 5.02 Å². The number of sulfonamides is 1. The lowest BCUT2D eigenvalue weighted by Crippen LogP contribution is -2.13. The normalized spacial score (nSPS) is 11.7. The largest absolute Gasteiger partial charge is 0.345 e. The first-order chi connectivity index (χ1) is 9.97.